The highest BCUT2D eigenvalue weighted by molar-refractivity contribution is 5.40. The zero-order valence-corrected chi connectivity index (χ0v) is 11.5. The van der Waals surface area contributed by atoms with E-state index in [9.17, 15) is 4.39 Å². The van der Waals surface area contributed by atoms with Crippen molar-refractivity contribution in [2.75, 3.05) is 7.11 Å². The van der Waals surface area contributed by atoms with Crippen LogP contribution in [0, 0.1) is 5.82 Å². The van der Waals surface area contributed by atoms with Crippen molar-refractivity contribution in [3.8, 4) is 5.75 Å². The maximum atomic E-state index is 13.4. The van der Waals surface area contributed by atoms with E-state index < -0.39 is 0 Å². The minimum absolute atomic E-state index is 0.0946. The van der Waals surface area contributed by atoms with Crippen LogP contribution < -0.4 is 10.5 Å². The van der Waals surface area contributed by atoms with Crippen molar-refractivity contribution in [3.05, 3.63) is 65.0 Å². The summed E-state index contributed by atoms with van der Waals surface area (Å²) in [6, 6.07) is 13.2. The standard InChI is InChI=1S/C17H18FNO/c1-20-17-10-12(6-7-15(17)18)16(19)9-13-8-11-4-2-3-5-14(11)13/h2-7,10,13,16H,8-9,19H2,1H3. The predicted molar refractivity (Wildman–Crippen MR) is 77.4 cm³/mol. The van der Waals surface area contributed by atoms with E-state index >= 15 is 0 Å². The Kier molecular flexibility index (Phi) is 3.45. The SMILES string of the molecule is COc1cc(C(N)CC2Cc3ccccc32)ccc1F. The maximum Gasteiger partial charge on any atom is 0.165 e. The second kappa shape index (κ2) is 5.25. The Hall–Kier alpha value is -1.87. The van der Waals surface area contributed by atoms with Gasteiger partial charge in [0.2, 0.25) is 0 Å². The Morgan fingerprint density at radius 3 is 2.85 bits per heavy atom. The molecule has 104 valence electrons. The molecule has 2 N–H and O–H groups in total. The summed E-state index contributed by atoms with van der Waals surface area (Å²) >= 11 is 0. The van der Waals surface area contributed by atoms with Gasteiger partial charge in [-0.1, -0.05) is 30.3 Å². The number of hydrogen-bond acceptors (Lipinski definition) is 2. The van der Waals surface area contributed by atoms with Gasteiger partial charge in [-0.05, 0) is 47.6 Å². The molecule has 1 aliphatic carbocycles. The first-order valence-corrected chi connectivity index (χ1v) is 6.86. The molecule has 20 heavy (non-hydrogen) atoms. The van der Waals surface area contributed by atoms with Gasteiger partial charge in [0.15, 0.2) is 11.6 Å². The Morgan fingerprint density at radius 1 is 1.30 bits per heavy atom. The Bertz CT molecular complexity index is 626. The highest BCUT2D eigenvalue weighted by atomic mass is 19.1. The number of ether oxygens (including phenoxy) is 1. The number of rotatable bonds is 4. The molecule has 0 radical (unpaired) electrons. The Morgan fingerprint density at radius 2 is 2.10 bits per heavy atom. The van der Waals surface area contributed by atoms with Gasteiger partial charge < -0.3 is 10.5 Å². The van der Waals surface area contributed by atoms with Crippen molar-refractivity contribution in [3.63, 3.8) is 0 Å². The van der Waals surface area contributed by atoms with E-state index in [1.165, 1.54) is 24.3 Å². The van der Waals surface area contributed by atoms with E-state index in [-0.39, 0.29) is 17.6 Å². The average molecular weight is 271 g/mol. The van der Waals surface area contributed by atoms with Gasteiger partial charge >= 0.3 is 0 Å². The molecule has 0 saturated heterocycles. The lowest BCUT2D eigenvalue weighted by Gasteiger charge is -2.32. The first-order valence-electron chi connectivity index (χ1n) is 6.86. The molecular formula is C17H18FNO. The van der Waals surface area contributed by atoms with Gasteiger partial charge in [0.25, 0.3) is 0 Å². The quantitative estimate of drug-likeness (QED) is 0.922. The molecule has 3 rings (SSSR count). The molecule has 0 amide bonds. The van der Waals surface area contributed by atoms with Crippen LogP contribution in [0.5, 0.6) is 5.75 Å². The number of fused-ring (bicyclic) bond motifs is 1. The van der Waals surface area contributed by atoms with Crippen molar-refractivity contribution in [1.29, 1.82) is 0 Å². The number of hydrogen-bond donors (Lipinski definition) is 1. The normalized spacial score (nSPS) is 18.1. The molecule has 2 aromatic rings. The molecule has 0 fully saturated rings. The summed E-state index contributed by atoms with van der Waals surface area (Å²) in [6.07, 6.45) is 1.97. The van der Waals surface area contributed by atoms with Crippen molar-refractivity contribution >= 4 is 0 Å². The molecule has 0 bridgehead atoms. The van der Waals surface area contributed by atoms with Gasteiger partial charge in [-0.15, -0.1) is 0 Å². The molecule has 0 saturated carbocycles. The number of nitrogens with two attached hydrogens (primary N) is 1. The third kappa shape index (κ3) is 2.29. The first-order chi connectivity index (χ1) is 9.69. The topological polar surface area (TPSA) is 35.2 Å². The Labute approximate surface area is 118 Å². The minimum Gasteiger partial charge on any atom is -0.494 e. The molecule has 0 spiro atoms. The highest BCUT2D eigenvalue weighted by Gasteiger charge is 2.27. The summed E-state index contributed by atoms with van der Waals surface area (Å²) in [5.74, 6) is 0.418. The van der Waals surface area contributed by atoms with Crippen molar-refractivity contribution in [2.24, 2.45) is 5.73 Å². The van der Waals surface area contributed by atoms with Crippen LogP contribution in [0.2, 0.25) is 0 Å². The second-order valence-corrected chi connectivity index (χ2v) is 5.34. The summed E-state index contributed by atoms with van der Waals surface area (Å²) in [5.41, 5.74) is 10.00. The molecular weight excluding hydrogens is 253 g/mol. The van der Waals surface area contributed by atoms with E-state index in [1.54, 1.807) is 12.1 Å². The summed E-state index contributed by atoms with van der Waals surface area (Å²) in [4.78, 5) is 0. The third-order valence-corrected chi connectivity index (χ3v) is 4.10. The zero-order valence-electron chi connectivity index (χ0n) is 11.5. The van der Waals surface area contributed by atoms with Gasteiger partial charge in [-0.3, -0.25) is 0 Å². The maximum absolute atomic E-state index is 13.4. The average Bonchev–Trinajstić information content (AvgIpc) is 2.45. The van der Waals surface area contributed by atoms with Crippen molar-refractivity contribution < 1.29 is 9.13 Å². The van der Waals surface area contributed by atoms with Crippen LogP contribution in [0.25, 0.3) is 0 Å². The molecule has 1 aliphatic rings. The molecule has 2 atom stereocenters. The molecule has 2 aromatic carbocycles. The lowest BCUT2D eigenvalue weighted by Crippen LogP contribution is -2.22. The van der Waals surface area contributed by atoms with Crippen LogP contribution in [0.3, 0.4) is 0 Å². The highest BCUT2D eigenvalue weighted by Crippen LogP contribution is 2.40. The molecule has 2 nitrogen and oxygen atoms in total. The molecule has 0 aliphatic heterocycles. The lowest BCUT2D eigenvalue weighted by atomic mass is 9.74. The number of halogens is 1. The lowest BCUT2D eigenvalue weighted by molar-refractivity contribution is 0.384. The van der Waals surface area contributed by atoms with Crippen LogP contribution in [-0.2, 0) is 6.42 Å². The van der Waals surface area contributed by atoms with E-state index in [4.69, 9.17) is 10.5 Å². The van der Waals surface area contributed by atoms with Crippen LogP contribution in [0.1, 0.15) is 35.1 Å². The molecule has 0 aromatic heterocycles. The zero-order chi connectivity index (χ0) is 14.1. The second-order valence-electron chi connectivity index (χ2n) is 5.34. The molecule has 0 heterocycles. The monoisotopic (exact) mass is 271 g/mol. The minimum atomic E-state index is -0.350. The van der Waals surface area contributed by atoms with E-state index in [1.807, 2.05) is 0 Å². The van der Waals surface area contributed by atoms with Gasteiger partial charge in [0.05, 0.1) is 7.11 Å². The van der Waals surface area contributed by atoms with Crippen LogP contribution >= 0.6 is 0 Å². The van der Waals surface area contributed by atoms with Gasteiger partial charge in [-0.2, -0.15) is 0 Å². The summed E-state index contributed by atoms with van der Waals surface area (Å²) in [7, 11) is 1.47. The predicted octanol–water partition coefficient (Wildman–Crippen LogP) is 3.56. The van der Waals surface area contributed by atoms with E-state index in [2.05, 4.69) is 24.3 Å². The third-order valence-electron chi connectivity index (χ3n) is 4.10. The van der Waals surface area contributed by atoms with Gasteiger partial charge in [-0.25, -0.2) is 4.39 Å². The van der Waals surface area contributed by atoms with Crippen molar-refractivity contribution in [1.82, 2.24) is 0 Å². The van der Waals surface area contributed by atoms with E-state index in [0.29, 0.717) is 5.92 Å². The van der Waals surface area contributed by atoms with Crippen LogP contribution in [0.15, 0.2) is 42.5 Å². The first kappa shape index (κ1) is 13.1. The van der Waals surface area contributed by atoms with Crippen molar-refractivity contribution in [2.45, 2.75) is 24.8 Å². The summed E-state index contributed by atoms with van der Waals surface area (Å²) in [6.45, 7) is 0. The van der Waals surface area contributed by atoms with Crippen LogP contribution in [0.4, 0.5) is 4.39 Å². The summed E-state index contributed by atoms with van der Waals surface area (Å²) < 4.78 is 18.4. The largest absolute Gasteiger partial charge is 0.494 e. The molecule has 2 unspecified atom stereocenters. The fraction of sp³-hybridized carbons (Fsp3) is 0.294. The van der Waals surface area contributed by atoms with E-state index in [0.717, 1.165) is 18.4 Å². The number of methoxy groups -OCH3 is 1. The summed E-state index contributed by atoms with van der Waals surface area (Å²) in [5, 5.41) is 0. The van der Waals surface area contributed by atoms with Gasteiger partial charge in [0, 0.05) is 6.04 Å². The van der Waals surface area contributed by atoms with Gasteiger partial charge in [0.1, 0.15) is 0 Å². The number of benzene rings is 2. The fourth-order valence-corrected chi connectivity index (χ4v) is 2.92. The smallest absolute Gasteiger partial charge is 0.165 e. The fourth-order valence-electron chi connectivity index (χ4n) is 2.92. The Balaban J connectivity index is 1.73. The van der Waals surface area contributed by atoms with Crippen LogP contribution in [-0.4, -0.2) is 7.11 Å². The molecule has 3 heteroatoms.